The molecule has 2 aromatic heterocycles. The molecule has 0 aliphatic carbocycles. The molecule has 154 valence electrons. The van der Waals surface area contributed by atoms with E-state index in [4.69, 9.17) is 9.15 Å². The van der Waals surface area contributed by atoms with Gasteiger partial charge in [-0.05, 0) is 37.6 Å². The Morgan fingerprint density at radius 3 is 2.48 bits per heavy atom. The Morgan fingerprint density at radius 1 is 1.00 bits per heavy atom. The minimum absolute atomic E-state index is 0.122. The number of phenolic OH excluding ortho intramolecular Hbond substituents is 1. The highest BCUT2D eigenvalue weighted by molar-refractivity contribution is 6.21. The molecule has 5 heteroatoms. The van der Waals surface area contributed by atoms with E-state index in [-0.39, 0.29) is 17.9 Å². The van der Waals surface area contributed by atoms with Gasteiger partial charge in [0, 0.05) is 27.4 Å². The molecule has 0 saturated carbocycles. The van der Waals surface area contributed by atoms with Crippen molar-refractivity contribution in [1.82, 2.24) is 4.98 Å². The van der Waals surface area contributed by atoms with E-state index in [0.717, 1.165) is 44.6 Å². The third kappa shape index (κ3) is 3.24. The van der Waals surface area contributed by atoms with Crippen molar-refractivity contribution >= 4 is 27.8 Å². The molecule has 0 radical (unpaired) electrons. The quantitative estimate of drug-likeness (QED) is 0.342. The number of aromatic hydroxyl groups is 1. The first kappa shape index (κ1) is 19.0. The number of ether oxygens (including phenoxy) is 1. The molecule has 5 rings (SSSR count). The molecule has 0 fully saturated rings. The number of furan rings is 1. The number of aryl methyl sites for hydroxylation is 2. The van der Waals surface area contributed by atoms with Gasteiger partial charge in [0.1, 0.15) is 29.4 Å². The topological polar surface area (TPSA) is 75.5 Å². The lowest BCUT2D eigenvalue weighted by Gasteiger charge is -2.11. The van der Waals surface area contributed by atoms with Crippen molar-refractivity contribution < 1.29 is 19.1 Å². The van der Waals surface area contributed by atoms with Gasteiger partial charge >= 0.3 is 5.97 Å². The molecular formula is C26H21NO4. The number of nitrogens with one attached hydrogen (secondary N) is 1. The summed E-state index contributed by atoms with van der Waals surface area (Å²) in [5, 5.41) is 12.4. The van der Waals surface area contributed by atoms with Crippen LogP contribution in [0.4, 0.5) is 0 Å². The fraction of sp³-hybridized carbons (Fsp3) is 0.115. The van der Waals surface area contributed by atoms with Gasteiger partial charge in [-0.3, -0.25) is 0 Å². The third-order valence-corrected chi connectivity index (χ3v) is 5.51. The zero-order chi connectivity index (χ0) is 21.5. The maximum absolute atomic E-state index is 13.1. The van der Waals surface area contributed by atoms with Crippen LogP contribution in [0.3, 0.4) is 0 Å². The van der Waals surface area contributed by atoms with Crippen molar-refractivity contribution in [2.24, 2.45) is 0 Å². The summed E-state index contributed by atoms with van der Waals surface area (Å²) >= 11 is 0. The summed E-state index contributed by atoms with van der Waals surface area (Å²) in [5.41, 5.74) is 4.32. The Bertz CT molecular complexity index is 1430. The molecule has 0 bridgehead atoms. The molecule has 3 aromatic carbocycles. The molecule has 0 saturated heterocycles. The summed E-state index contributed by atoms with van der Waals surface area (Å²) in [4.78, 5) is 16.5. The highest BCUT2D eigenvalue weighted by atomic mass is 16.5. The normalized spacial score (nSPS) is 11.3. The van der Waals surface area contributed by atoms with Gasteiger partial charge in [0.15, 0.2) is 0 Å². The summed E-state index contributed by atoms with van der Waals surface area (Å²) in [6.45, 7) is 3.90. The van der Waals surface area contributed by atoms with Gasteiger partial charge in [-0.2, -0.15) is 0 Å². The van der Waals surface area contributed by atoms with E-state index in [0.29, 0.717) is 5.39 Å². The number of hydrogen-bond acceptors (Lipinski definition) is 4. The number of aromatic amines is 1. The smallest absolute Gasteiger partial charge is 0.342 e. The number of aromatic nitrogens is 1. The third-order valence-electron chi connectivity index (χ3n) is 5.51. The average Bonchev–Trinajstić information content (AvgIpc) is 3.31. The van der Waals surface area contributed by atoms with Crippen LogP contribution >= 0.6 is 0 Å². The molecule has 5 nitrogen and oxygen atoms in total. The van der Waals surface area contributed by atoms with Crippen molar-refractivity contribution in [3.63, 3.8) is 0 Å². The van der Waals surface area contributed by atoms with Crippen molar-refractivity contribution in [1.29, 1.82) is 0 Å². The van der Waals surface area contributed by atoms with Crippen LogP contribution in [-0.4, -0.2) is 16.1 Å². The number of para-hydroxylation sites is 1. The zero-order valence-electron chi connectivity index (χ0n) is 17.2. The van der Waals surface area contributed by atoms with Crippen LogP contribution in [-0.2, 0) is 11.3 Å². The van der Waals surface area contributed by atoms with E-state index in [2.05, 4.69) is 4.98 Å². The van der Waals surface area contributed by atoms with E-state index in [1.54, 1.807) is 6.07 Å². The van der Waals surface area contributed by atoms with Crippen molar-refractivity contribution in [3.8, 4) is 16.9 Å². The van der Waals surface area contributed by atoms with Gasteiger partial charge in [-0.15, -0.1) is 0 Å². The number of esters is 1. The molecule has 5 aromatic rings. The number of benzene rings is 3. The van der Waals surface area contributed by atoms with Gasteiger partial charge < -0.3 is 19.2 Å². The van der Waals surface area contributed by atoms with E-state index in [9.17, 15) is 9.90 Å². The number of carbonyl (C=O) groups excluding carboxylic acids is 1. The summed E-state index contributed by atoms with van der Waals surface area (Å²) in [6.07, 6.45) is 0. The number of rotatable bonds is 4. The molecule has 0 amide bonds. The predicted octanol–water partition coefficient (Wildman–Crippen LogP) is 6.26. The van der Waals surface area contributed by atoms with Crippen molar-refractivity contribution in [2.45, 2.75) is 20.5 Å². The van der Waals surface area contributed by atoms with E-state index in [1.807, 2.05) is 74.5 Å². The Labute approximate surface area is 178 Å². The highest BCUT2D eigenvalue weighted by Gasteiger charge is 2.24. The van der Waals surface area contributed by atoms with Crippen LogP contribution in [0.25, 0.3) is 32.9 Å². The molecule has 0 spiro atoms. The van der Waals surface area contributed by atoms with E-state index < -0.39 is 5.97 Å². The molecule has 31 heavy (non-hydrogen) atoms. The van der Waals surface area contributed by atoms with E-state index in [1.165, 1.54) is 0 Å². The molecular weight excluding hydrogens is 390 g/mol. The van der Waals surface area contributed by atoms with Gasteiger partial charge in [0.05, 0.1) is 5.52 Å². The van der Waals surface area contributed by atoms with E-state index >= 15 is 0 Å². The van der Waals surface area contributed by atoms with Gasteiger partial charge in [-0.1, -0.05) is 48.5 Å². The number of H-pyrrole nitrogens is 1. The Kier molecular flexibility index (Phi) is 4.51. The summed E-state index contributed by atoms with van der Waals surface area (Å²) < 4.78 is 11.3. The van der Waals surface area contributed by atoms with Gasteiger partial charge in [0.2, 0.25) is 0 Å². The van der Waals surface area contributed by atoms with Gasteiger partial charge in [0.25, 0.3) is 0 Å². The first-order valence-electron chi connectivity index (χ1n) is 10.1. The SMILES string of the molecule is Cc1cc(-c2cc(O)c(C(=O)OCc3ccccc3)c3c2[nH]c2ccccc23)c(C)o1. The number of hydrogen-bond donors (Lipinski definition) is 2. The average molecular weight is 411 g/mol. The Balaban J connectivity index is 1.70. The minimum Gasteiger partial charge on any atom is -0.507 e. The van der Waals surface area contributed by atoms with Crippen molar-refractivity contribution in [3.05, 3.63) is 89.4 Å². The molecule has 2 heterocycles. The fourth-order valence-corrected chi connectivity index (χ4v) is 4.13. The number of fused-ring (bicyclic) bond motifs is 3. The molecule has 0 atom stereocenters. The first-order valence-corrected chi connectivity index (χ1v) is 10.1. The predicted molar refractivity (Wildman–Crippen MR) is 120 cm³/mol. The monoisotopic (exact) mass is 411 g/mol. The highest BCUT2D eigenvalue weighted by Crippen LogP contribution is 2.41. The van der Waals surface area contributed by atoms with Crippen LogP contribution in [0.15, 0.2) is 71.1 Å². The standard InChI is InChI=1S/C26H21NO4/c1-15-12-19(16(2)31-15)20-13-22(28)24(26(29)30-14-17-8-4-3-5-9-17)23-18-10-6-7-11-21(18)27-25(20)23/h3-13,27-28H,14H2,1-2H3. The van der Waals surface area contributed by atoms with Crippen LogP contribution in [0.1, 0.15) is 27.4 Å². The molecule has 2 N–H and O–H groups in total. The summed E-state index contributed by atoms with van der Waals surface area (Å²) in [5.74, 6) is 0.838. The summed E-state index contributed by atoms with van der Waals surface area (Å²) in [7, 11) is 0. The van der Waals surface area contributed by atoms with Gasteiger partial charge in [-0.25, -0.2) is 4.79 Å². The Hall–Kier alpha value is -3.99. The van der Waals surface area contributed by atoms with Crippen LogP contribution in [0.2, 0.25) is 0 Å². The lowest BCUT2D eigenvalue weighted by atomic mass is 9.97. The minimum atomic E-state index is -0.567. The second-order valence-corrected chi connectivity index (χ2v) is 7.63. The lowest BCUT2D eigenvalue weighted by Crippen LogP contribution is -2.06. The summed E-state index contributed by atoms with van der Waals surface area (Å²) in [6, 6.07) is 20.7. The number of carbonyl (C=O) groups is 1. The van der Waals surface area contributed by atoms with Crippen LogP contribution in [0.5, 0.6) is 5.75 Å². The second kappa shape index (κ2) is 7.36. The fourth-order valence-electron chi connectivity index (χ4n) is 4.13. The lowest BCUT2D eigenvalue weighted by molar-refractivity contribution is 0.0472. The maximum atomic E-state index is 13.1. The maximum Gasteiger partial charge on any atom is 0.342 e. The number of phenols is 1. The largest absolute Gasteiger partial charge is 0.507 e. The zero-order valence-corrected chi connectivity index (χ0v) is 17.2. The first-order chi connectivity index (χ1) is 15.0. The Morgan fingerprint density at radius 2 is 1.74 bits per heavy atom. The molecule has 0 unspecified atom stereocenters. The molecule has 0 aliphatic rings. The second-order valence-electron chi connectivity index (χ2n) is 7.63. The molecule has 0 aliphatic heterocycles. The van der Waals surface area contributed by atoms with Crippen LogP contribution < -0.4 is 0 Å². The van der Waals surface area contributed by atoms with Crippen LogP contribution in [0, 0.1) is 13.8 Å². The van der Waals surface area contributed by atoms with Crippen molar-refractivity contribution in [2.75, 3.05) is 0 Å².